The van der Waals surface area contributed by atoms with Gasteiger partial charge in [0, 0.05) is 17.1 Å². The molecule has 19 heavy (non-hydrogen) atoms. The van der Waals surface area contributed by atoms with Gasteiger partial charge in [-0.1, -0.05) is 20.8 Å². The number of rotatable bonds is 2. The molecule has 102 valence electrons. The van der Waals surface area contributed by atoms with Crippen LogP contribution in [0.1, 0.15) is 33.3 Å². The van der Waals surface area contributed by atoms with E-state index in [2.05, 4.69) is 0 Å². The first-order valence-electron chi connectivity index (χ1n) is 6.37. The van der Waals surface area contributed by atoms with Gasteiger partial charge in [0.15, 0.2) is 5.60 Å². The molecule has 0 bridgehead atoms. The number of benzene rings is 1. The molecule has 0 aromatic heterocycles. The normalized spacial score (nSPS) is 23.0. The van der Waals surface area contributed by atoms with Crippen molar-refractivity contribution in [3.05, 3.63) is 35.9 Å². The Kier molecular flexibility index (Phi) is 3.17. The van der Waals surface area contributed by atoms with Crippen LogP contribution in [-0.4, -0.2) is 18.5 Å². The van der Waals surface area contributed by atoms with Crippen LogP contribution in [-0.2, 0) is 9.53 Å². The van der Waals surface area contributed by atoms with Gasteiger partial charge in [0.1, 0.15) is 11.5 Å². The first-order valence-corrected chi connectivity index (χ1v) is 6.37. The van der Waals surface area contributed by atoms with Gasteiger partial charge in [0.2, 0.25) is 5.78 Å². The Bertz CT molecular complexity index is 520. The smallest absolute Gasteiger partial charge is 0.203 e. The van der Waals surface area contributed by atoms with Gasteiger partial charge in [-0.3, -0.25) is 4.79 Å². The summed E-state index contributed by atoms with van der Waals surface area (Å²) in [5, 5.41) is 0. The molecule has 3 heteroatoms. The monoisotopic (exact) mass is 260 g/mol. The van der Waals surface area contributed by atoms with Gasteiger partial charge in [0.05, 0.1) is 7.11 Å². The molecule has 0 spiro atoms. The molecule has 2 rings (SSSR count). The van der Waals surface area contributed by atoms with E-state index in [4.69, 9.17) is 9.47 Å². The van der Waals surface area contributed by atoms with Crippen molar-refractivity contribution in [2.24, 2.45) is 5.41 Å². The van der Waals surface area contributed by atoms with Gasteiger partial charge in [-0.15, -0.1) is 0 Å². The van der Waals surface area contributed by atoms with E-state index in [0.29, 0.717) is 5.76 Å². The number of hydrogen-bond donors (Lipinski definition) is 0. The third-order valence-electron chi connectivity index (χ3n) is 3.85. The highest BCUT2D eigenvalue weighted by Gasteiger charge is 2.49. The Balaban J connectivity index is 2.29. The van der Waals surface area contributed by atoms with Crippen LogP contribution in [0.2, 0.25) is 0 Å². The molecule has 1 aromatic carbocycles. The second kappa shape index (κ2) is 4.41. The maximum absolute atomic E-state index is 12.2. The van der Waals surface area contributed by atoms with Gasteiger partial charge in [0.25, 0.3) is 0 Å². The van der Waals surface area contributed by atoms with Gasteiger partial charge < -0.3 is 9.47 Å². The zero-order chi connectivity index (χ0) is 14.3. The molecule has 3 nitrogen and oxygen atoms in total. The van der Waals surface area contributed by atoms with Crippen molar-refractivity contribution >= 4 is 11.5 Å². The van der Waals surface area contributed by atoms with Crippen LogP contribution < -0.4 is 4.74 Å². The molecule has 1 heterocycles. The van der Waals surface area contributed by atoms with Crippen molar-refractivity contribution in [2.75, 3.05) is 7.11 Å². The maximum atomic E-state index is 12.2. The predicted octanol–water partition coefficient (Wildman–Crippen LogP) is 3.44. The lowest BCUT2D eigenvalue weighted by Gasteiger charge is -2.36. The Morgan fingerprint density at radius 2 is 1.74 bits per heavy atom. The summed E-state index contributed by atoms with van der Waals surface area (Å²) >= 11 is 0. The Morgan fingerprint density at radius 3 is 2.16 bits per heavy atom. The number of hydrogen-bond acceptors (Lipinski definition) is 3. The van der Waals surface area contributed by atoms with Crippen molar-refractivity contribution in [1.29, 1.82) is 0 Å². The van der Waals surface area contributed by atoms with E-state index in [1.807, 2.05) is 52.0 Å². The molecule has 1 aliphatic rings. The lowest BCUT2D eigenvalue weighted by molar-refractivity contribution is -0.136. The largest absolute Gasteiger partial charge is 0.497 e. The fourth-order valence-electron chi connectivity index (χ4n) is 1.98. The number of methoxy groups -OCH3 is 1. The summed E-state index contributed by atoms with van der Waals surface area (Å²) in [6, 6.07) is 7.51. The third kappa shape index (κ3) is 2.25. The van der Waals surface area contributed by atoms with Crippen molar-refractivity contribution < 1.29 is 14.3 Å². The van der Waals surface area contributed by atoms with Gasteiger partial charge in [-0.05, 0) is 31.2 Å². The first kappa shape index (κ1) is 13.7. The quantitative estimate of drug-likeness (QED) is 0.817. The number of carbonyl (C=O) groups excluding carboxylic acids is 1. The summed E-state index contributed by atoms with van der Waals surface area (Å²) in [5.74, 6) is 1.43. The molecule has 1 unspecified atom stereocenters. The fourth-order valence-corrected chi connectivity index (χ4v) is 1.98. The van der Waals surface area contributed by atoms with Gasteiger partial charge >= 0.3 is 0 Å². The maximum Gasteiger partial charge on any atom is 0.203 e. The fraction of sp³-hybridized carbons (Fsp3) is 0.438. The van der Waals surface area contributed by atoms with Crippen LogP contribution in [0, 0.1) is 5.41 Å². The lowest BCUT2D eigenvalue weighted by Crippen LogP contribution is -2.45. The Labute approximate surface area is 114 Å². The highest BCUT2D eigenvalue weighted by Crippen LogP contribution is 2.42. The SMILES string of the molecule is COc1ccc(C2=CC(=O)C(C)(C(C)(C)C)O2)cc1. The Hall–Kier alpha value is -1.77. The highest BCUT2D eigenvalue weighted by molar-refractivity contribution is 6.05. The summed E-state index contributed by atoms with van der Waals surface area (Å²) in [5.41, 5.74) is -0.168. The van der Waals surface area contributed by atoms with Crippen LogP contribution in [0.25, 0.3) is 5.76 Å². The average Bonchev–Trinajstić information content (AvgIpc) is 2.67. The van der Waals surface area contributed by atoms with Crippen LogP contribution in [0.3, 0.4) is 0 Å². The summed E-state index contributed by atoms with van der Waals surface area (Å²) in [6.45, 7) is 7.88. The molecule has 0 amide bonds. The van der Waals surface area contributed by atoms with E-state index in [0.717, 1.165) is 11.3 Å². The van der Waals surface area contributed by atoms with Gasteiger partial charge in [-0.2, -0.15) is 0 Å². The van der Waals surface area contributed by atoms with E-state index in [-0.39, 0.29) is 11.2 Å². The molecule has 1 aromatic rings. The second-order valence-corrected chi connectivity index (χ2v) is 5.99. The average molecular weight is 260 g/mol. The molecule has 0 saturated carbocycles. The molecule has 0 fully saturated rings. The number of ether oxygens (including phenoxy) is 2. The van der Waals surface area contributed by atoms with Crippen molar-refractivity contribution in [3.8, 4) is 5.75 Å². The predicted molar refractivity (Wildman–Crippen MR) is 74.9 cm³/mol. The van der Waals surface area contributed by atoms with E-state index in [1.54, 1.807) is 13.2 Å². The summed E-state index contributed by atoms with van der Waals surface area (Å²) in [6.07, 6.45) is 1.59. The minimum Gasteiger partial charge on any atom is -0.497 e. The third-order valence-corrected chi connectivity index (χ3v) is 3.85. The van der Waals surface area contributed by atoms with Gasteiger partial charge in [-0.25, -0.2) is 0 Å². The lowest BCUT2D eigenvalue weighted by atomic mass is 9.76. The van der Waals surface area contributed by atoms with E-state index in [9.17, 15) is 4.79 Å². The molecule has 0 aliphatic carbocycles. The standard InChI is InChI=1S/C16H20O3/c1-15(2,3)16(4)14(17)10-13(19-16)11-6-8-12(18-5)9-7-11/h6-10H,1-5H3. The van der Waals surface area contributed by atoms with E-state index >= 15 is 0 Å². The van der Waals surface area contributed by atoms with Crippen LogP contribution in [0.15, 0.2) is 30.3 Å². The number of ketones is 1. The van der Waals surface area contributed by atoms with Crippen molar-refractivity contribution in [2.45, 2.75) is 33.3 Å². The van der Waals surface area contributed by atoms with Crippen LogP contribution >= 0.6 is 0 Å². The Morgan fingerprint density at radius 1 is 1.16 bits per heavy atom. The molecular weight excluding hydrogens is 240 g/mol. The molecule has 0 radical (unpaired) electrons. The molecule has 1 aliphatic heterocycles. The van der Waals surface area contributed by atoms with E-state index < -0.39 is 5.60 Å². The highest BCUT2D eigenvalue weighted by atomic mass is 16.5. The van der Waals surface area contributed by atoms with E-state index in [1.165, 1.54) is 0 Å². The topological polar surface area (TPSA) is 35.5 Å². The minimum absolute atomic E-state index is 0.0193. The summed E-state index contributed by atoms with van der Waals surface area (Å²) < 4.78 is 11.1. The molecule has 0 saturated heterocycles. The van der Waals surface area contributed by atoms with Crippen molar-refractivity contribution in [3.63, 3.8) is 0 Å². The molecule has 1 atom stereocenters. The molecular formula is C16H20O3. The molecule has 0 N–H and O–H groups in total. The zero-order valence-corrected chi connectivity index (χ0v) is 12.1. The second-order valence-electron chi connectivity index (χ2n) is 5.99. The summed E-state index contributed by atoms with van der Waals surface area (Å²) in [7, 11) is 1.63. The minimum atomic E-state index is -0.803. The van der Waals surface area contributed by atoms with Crippen LogP contribution in [0.5, 0.6) is 5.75 Å². The number of carbonyl (C=O) groups is 1. The summed E-state index contributed by atoms with van der Waals surface area (Å²) in [4.78, 5) is 12.2. The van der Waals surface area contributed by atoms with Crippen LogP contribution in [0.4, 0.5) is 0 Å². The van der Waals surface area contributed by atoms with Crippen molar-refractivity contribution in [1.82, 2.24) is 0 Å². The first-order chi connectivity index (χ1) is 8.78. The zero-order valence-electron chi connectivity index (χ0n) is 12.1.